The topological polar surface area (TPSA) is 70.2 Å². The van der Waals surface area contributed by atoms with E-state index >= 15 is 0 Å². The Labute approximate surface area is 144 Å². The summed E-state index contributed by atoms with van der Waals surface area (Å²) < 4.78 is 0. The van der Waals surface area contributed by atoms with Crippen LogP contribution in [-0.4, -0.2) is 16.9 Å². The van der Waals surface area contributed by atoms with Crippen LogP contribution in [0.5, 0.6) is 0 Å². The van der Waals surface area contributed by atoms with Crippen LogP contribution in [0.25, 0.3) is 0 Å². The van der Waals surface area contributed by atoms with Gasteiger partial charge in [-0.15, -0.1) is 11.3 Å². The molecule has 0 radical (unpaired) electrons. The van der Waals surface area contributed by atoms with Crippen LogP contribution in [-0.2, 0) is 6.42 Å². The lowest BCUT2D eigenvalue weighted by atomic mass is 10.1. The molecule has 120 valence electrons. The minimum atomic E-state index is -0.335. The molecule has 0 aliphatic carbocycles. The predicted molar refractivity (Wildman–Crippen MR) is 95.5 cm³/mol. The Morgan fingerprint density at radius 1 is 1.13 bits per heavy atom. The van der Waals surface area contributed by atoms with E-state index in [1.807, 2.05) is 25.3 Å². The number of hydrogen-bond acceptors (Lipinski definition) is 4. The van der Waals surface area contributed by atoms with Gasteiger partial charge < -0.3 is 0 Å². The molecule has 23 heavy (non-hydrogen) atoms. The molecule has 5 nitrogen and oxygen atoms in total. The summed E-state index contributed by atoms with van der Waals surface area (Å²) in [5.74, 6) is -0.611. The summed E-state index contributed by atoms with van der Waals surface area (Å²) in [4.78, 5) is 25.2. The monoisotopic (exact) mass is 347 g/mol. The number of benzene rings is 1. The summed E-state index contributed by atoms with van der Waals surface area (Å²) in [6, 6.07) is 8.70. The minimum absolute atomic E-state index is 0.0391. The quantitative estimate of drug-likeness (QED) is 0.589. The number of aryl methyl sites for hydroxylation is 1. The molecular formula is C16H17N3O2S2. The Hall–Kier alpha value is -2.25. The van der Waals surface area contributed by atoms with Crippen LogP contribution in [0.2, 0.25) is 0 Å². The second-order valence-corrected chi connectivity index (χ2v) is 6.26. The van der Waals surface area contributed by atoms with Crippen molar-refractivity contribution in [1.82, 2.24) is 16.2 Å². The number of carbonyl (C=O) groups is 2. The van der Waals surface area contributed by atoms with Crippen LogP contribution >= 0.6 is 23.6 Å². The lowest BCUT2D eigenvalue weighted by Gasteiger charge is -2.11. The summed E-state index contributed by atoms with van der Waals surface area (Å²) in [6.07, 6.45) is 0.785. The summed E-state index contributed by atoms with van der Waals surface area (Å²) in [7, 11) is 0. The van der Waals surface area contributed by atoms with E-state index in [1.165, 1.54) is 11.3 Å². The van der Waals surface area contributed by atoms with Crippen molar-refractivity contribution in [2.24, 2.45) is 0 Å². The zero-order valence-corrected chi connectivity index (χ0v) is 14.4. The number of thiocarbonyl (C=S) groups is 1. The maximum absolute atomic E-state index is 12.2. The van der Waals surface area contributed by atoms with Crippen molar-refractivity contribution in [1.29, 1.82) is 0 Å². The standard InChI is InChI=1S/C16H17N3O2S2/c1-3-12-10(2)23-9-13(12)15(21)18-19-16(22)17-14(20)11-7-5-4-6-8-11/h4-9H,3H2,1-2H3,(H,18,21)(H2,17,19,20,22). The third-order valence-corrected chi connectivity index (χ3v) is 4.41. The van der Waals surface area contributed by atoms with Gasteiger partial charge in [0.2, 0.25) is 0 Å². The molecular weight excluding hydrogens is 330 g/mol. The van der Waals surface area contributed by atoms with Gasteiger partial charge in [0.1, 0.15) is 0 Å². The highest BCUT2D eigenvalue weighted by Crippen LogP contribution is 2.21. The molecule has 0 saturated heterocycles. The number of amides is 2. The van der Waals surface area contributed by atoms with E-state index in [4.69, 9.17) is 12.2 Å². The molecule has 0 aliphatic heterocycles. The maximum Gasteiger partial charge on any atom is 0.270 e. The second kappa shape index (κ2) is 7.85. The normalized spacial score (nSPS) is 10.0. The molecule has 0 unspecified atom stereocenters. The smallest absolute Gasteiger partial charge is 0.270 e. The van der Waals surface area contributed by atoms with Crippen LogP contribution in [0, 0.1) is 6.92 Å². The summed E-state index contributed by atoms with van der Waals surface area (Å²) in [5.41, 5.74) is 7.19. The van der Waals surface area contributed by atoms with E-state index in [0.717, 1.165) is 16.9 Å². The van der Waals surface area contributed by atoms with E-state index in [-0.39, 0.29) is 16.9 Å². The summed E-state index contributed by atoms with van der Waals surface area (Å²) in [6.45, 7) is 3.99. The van der Waals surface area contributed by atoms with Gasteiger partial charge in [-0.2, -0.15) is 0 Å². The number of rotatable bonds is 3. The van der Waals surface area contributed by atoms with Gasteiger partial charge in [0, 0.05) is 15.8 Å². The highest BCUT2D eigenvalue weighted by Gasteiger charge is 2.15. The predicted octanol–water partition coefficient (Wildman–Crippen LogP) is 2.57. The average molecular weight is 347 g/mol. The lowest BCUT2D eigenvalue weighted by Crippen LogP contribution is -2.48. The molecule has 2 rings (SSSR count). The Kier molecular flexibility index (Phi) is 5.84. The molecule has 1 aromatic carbocycles. The van der Waals surface area contributed by atoms with E-state index in [0.29, 0.717) is 11.1 Å². The van der Waals surface area contributed by atoms with Gasteiger partial charge in [0.25, 0.3) is 11.8 Å². The summed E-state index contributed by atoms with van der Waals surface area (Å²) in [5, 5.41) is 4.36. The van der Waals surface area contributed by atoms with Gasteiger partial charge in [0.15, 0.2) is 5.11 Å². The van der Waals surface area contributed by atoms with E-state index in [9.17, 15) is 9.59 Å². The molecule has 7 heteroatoms. The van der Waals surface area contributed by atoms with Crippen LogP contribution in [0.4, 0.5) is 0 Å². The van der Waals surface area contributed by atoms with Crippen molar-refractivity contribution in [3.8, 4) is 0 Å². The van der Waals surface area contributed by atoms with Crippen molar-refractivity contribution >= 4 is 40.5 Å². The third kappa shape index (κ3) is 4.37. The van der Waals surface area contributed by atoms with Crippen molar-refractivity contribution < 1.29 is 9.59 Å². The van der Waals surface area contributed by atoms with Gasteiger partial charge >= 0.3 is 0 Å². The zero-order valence-electron chi connectivity index (χ0n) is 12.8. The first kappa shape index (κ1) is 17.1. The highest BCUT2D eigenvalue weighted by molar-refractivity contribution is 7.80. The molecule has 0 atom stereocenters. The molecule has 0 spiro atoms. The fourth-order valence-electron chi connectivity index (χ4n) is 2.09. The SMILES string of the molecule is CCc1c(C(=O)NNC(=S)NC(=O)c2ccccc2)csc1C. The van der Waals surface area contributed by atoms with E-state index < -0.39 is 0 Å². The maximum atomic E-state index is 12.2. The average Bonchev–Trinajstić information content (AvgIpc) is 2.94. The first-order valence-corrected chi connectivity index (χ1v) is 8.35. The molecule has 1 heterocycles. The number of carbonyl (C=O) groups excluding carboxylic acids is 2. The molecule has 1 aromatic heterocycles. The number of hydrazine groups is 1. The van der Waals surface area contributed by atoms with Crippen LogP contribution < -0.4 is 16.2 Å². The zero-order chi connectivity index (χ0) is 16.8. The van der Waals surface area contributed by atoms with Crippen molar-refractivity contribution in [2.75, 3.05) is 0 Å². The largest absolute Gasteiger partial charge is 0.298 e. The molecule has 0 bridgehead atoms. The first-order valence-electron chi connectivity index (χ1n) is 7.06. The van der Waals surface area contributed by atoms with Crippen LogP contribution in [0.3, 0.4) is 0 Å². The van der Waals surface area contributed by atoms with Crippen molar-refractivity contribution in [3.63, 3.8) is 0 Å². The number of hydrogen-bond donors (Lipinski definition) is 3. The fraction of sp³-hybridized carbons (Fsp3) is 0.188. The van der Waals surface area contributed by atoms with E-state index in [2.05, 4.69) is 16.2 Å². The molecule has 0 fully saturated rings. The van der Waals surface area contributed by atoms with Gasteiger partial charge in [-0.3, -0.25) is 25.8 Å². The molecule has 2 aromatic rings. The van der Waals surface area contributed by atoms with Gasteiger partial charge in [-0.1, -0.05) is 25.1 Å². The fourth-order valence-corrected chi connectivity index (χ4v) is 3.17. The van der Waals surface area contributed by atoms with E-state index in [1.54, 1.807) is 24.3 Å². The minimum Gasteiger partial charge on any atom is -0.298 e. The summed E-state index contributed by atoms with van der Waals surface area (Å²) >= 11 is 6.54. The van der Waals surface area contributed by atoms with Crippen LogP contribution in [0.15, 0.2) is 35.7 Å². The van der Waals surface area contributed by atoms with Crippen LogP contribution in [0.1, 0.15) is 38.1 Å². The molecule has 0 saturated carbocycles. The number of thiophene rings is 1. The Balaban J connectivity index is 1.89. The first-order chi connectivity index (χ1) is 11.0. The van der Waals surface area contributed by atoms with Gasteiger partial charge in [-0.25, -0.2) is 0 Å². The molecule has 0 aliphatic rings. The number of nitrogens with one attached hydrogen (secondary N) is 3. The van der Waals surface area contributed by atoms with Crippen molar-refractivity contribution in [3.05, 3.63) is 57.3 Å². The molecule has 2 amide bonds. The van der Waals surface area contributed by atoms with Gasteiger partial charge in [-0.05, 0) is 43.3 Å². The Morgan fingerprint density at radius 3 is 2.48 bits per heavy atom. The Morgan fingerprint density at radius 2 is 1.83 bits per heavy atom. The molecule has 3 N–H and O–H groups in total. The van der Waals surface area contributed by atoms with Crippen molar-refractivity contribution in [2.45, 2.75) is 20.3 Å². The highest BCUT2D eigenvalue weighted by atomic mass is 32.1. The van der Waals surface area contributed by atoms with Gasteiger partial charge in [0.05, 0.1) is 5.56 Å². The Bertz CT molecular complexity index is 726. The third-order valence-electron chi connectivity index (χ3n) is 3.25. The lowest BCUT2D eigenvalue weighted by molar-refractivity contribution is 0.0934. The second-order valence-electron chi connectivity index (χ2n) is 4.77.